The molecule has 55 heavy (non-hydrogen) atoms. The molecule has 5 heteroatoms. The molecule has 0 N–H and O–H groups in total. The number of halogens is 3. The zero-order valence-corrected chi connectivity index (χ0v) is 31.2. The van der Waals surface area contributed by atoms with Crippen LogP contribution in [0, 0.1) is 0 Å². The van der Waals surface area contributed by atoms with Crippen molar-refractivity contribution in [2.24, 2.45) is 0 Å². The van der Waals surface area contributed by atoms with Crippen LogP contribution in [-0.2, 0) is 11.6 Å². The number of benzene rings is 7. The fraction of sp³-hybridized carbons (Fsp3) is 0.120. The number of thiophene rings is 1. The first-order valence-corrected chi connectivity index (χ1v) is 19.5. The molecule has 2 aliphatic rings. The normalized spacial score (nSPS) is 16.0. The maximum absolute atomic E-state index is 14.5. The van der Waals surface area contributed by atoms with Gasteiger partial charge >= 0.3 is 6.18 Å². The van der Waals surface area contributed by atoms with Crippen LogP contribution < -0.4 is 4.90 Å². The number of hydrogen-bond acceptors (Lipinski definition) is 2. The lowest BCUT2D eigenvalue weighted by molar-refractivity contribution is -0.137. The van der Waals surface area contributed by atoms with Crippen LogP contribution in [0.3, 0.4) is 0 Å². The molecule has 0 saturated heterocycles. The molecule has 0 saturated carbocycles. The molecule has 2 aliphatic carbocycles. The molecule has 10 rings (SSSR count). The first kappa shape index (κ1) is 33.6. The molecule has 0 amide bonds. The van der Waals surface area contributed by atoms with Crippen LogP contribution in [0.25, 0.3) is 47.6 Å². The summed E-state index contributed by atoms with van der Waals surface area (Å²) in [7, 11) is 0. The lowest BCUT2D eigenvalue weighted by Gasteiger charge is -2.31. The van der Waals surface area contributed by atoms with Crippen LogP contribution in [0.5, 0.6) is 0 Å². The van der Waals surface area contributed by atoms with Gasteiger partial charge in [-0.3, -0.25) is 0 Å². The van der Waals surface area contributed by atoms with Crippen LogP contribution in [0.1, 0.15) is 54.0 Å². The number of hydrogen-bond donors (Lipinski definition) is 0. The van der Waals surface area contributed by atoms with Crippen molar-refractivity contribution < 1.29 is 13.2 Å². The molecule has 0 aliphatic heterocycles. The molecular formula is C50H36F3NS. The van der Waals surface area contributed by atoms with Gasteiger partial charge in [-0.1, -0.05) is 141 Å². The monoisotopic (exact) mass is 739 g/mol. The standard InChI is InChI=1S/C50H36F3NS/c1-49(2)41-24-10-8-22-39(41)46-38-21-7-6-20-37(38)44(30-42(46)49)54(35-19-13-18-34(29-35)50(51,52)53)43-27-26-36(48-47(43)40-23-9-11-25-45(40)55-48)33-17-12-16-32(28-33)31-14-4-3-5-15-31/h3-27,29-30,33H,28H2,1-2H3. The Kier molecular flexibility index (Phi) is 7.69. The van der Waals surface area contributed by atoms with E-state index < -0.39 is 11.7 Å². The van der Waals surface area contributed by atoms with Gasteiger partial charge in [-0.15, -0.1) is 11.3 Å². The lowest BCUT2D eigenvalue weighted by Crippen LogP contribution is -2.17. The lowest BCUT2D eigenvalue weighted by atomic mass is 9.81. The minimum atomic E-state index is -4.50. The molecule has 0 radical (unpaired) electrons. The van der Waals surface area contributed by atoms with Crippen molar-refractivity contribution in [1.29, 1.82) is 0 Å². The molecule has 0 bridgehead atoms. The molecule has 8 aromatic rings. The number of anilines is 3. The van der Waals surface area contributed by atoms with Gasteiger partial charge in [-0.2, -0.15) is 13.2 Å². The first-order chi connectivity index (χ1) is 26.7. The topological polar surface area (TPSA) is 3.24 Å². The summed E-state index contributed by atoms with van der Waals surface area (Å²) in [5.74, 6) is 0.131. The second kappa shape index (κ2) is 12.6. The summed E-state index contributed by atoms with van der Waals surface area (Å²) >= 11 is 1.76. The predicted octanol–water partition coefficient (Wildman–Crippen LogP) is 15.1. The Morgan fingerprint density at radius 3 is 2.22 bits per heavy atom. The van der Waals surface area contributed by atoms with Gasteiger partial charge in [-0.25, -0.2) is 0 Å². The Balaban J connectivity index is 1.26. The maximum Gasteiger partial charge on any atom is 0.416 e. The van der Waals surface area contributed by atoms with Crippen LogP contribution in [-0.4, -0.2) is 0 Å². The third-order valence-electron chi connectivity index (χ3n) is 11.6. The van der Waals surface area contributed by atoms with Crippen molar-refractivity contribution in [3.8, 4) is 11.1 Å². The summed E-state index contributed by atoms with van der Waals surface area (Å²) in [5.41, 5.74) is 9.69. The average molecular weight is 740 g/mol. The highest BCUT2D eigenvalue weighted by molar-refractivity contribution is 7.26. The highest BCUT2D eigenvalue weighted by Gasteiger charge is 2.38. The molecule has 0 fully saturated rings. The van der Waals surface area contributed by atoms with Crippen LogP contribution in [0.15, 0.2) is 164 Å². The van der Waals surface area contributed by atoms with Gasteiger partial charge in [0.15, 0.2) is 0 Å². The average Bonchev–Trinajstić information content (AvgIpc) is 3.71. The van der Waals surface area contributed by atoms with Crippen molar-refractivity contribution in [1.82, 2.24) is 0 Å². The van der Waals surface area contributed by atoms with E-state index in [0.717, 1.165) is 60.4 Å². The number of alkyl halides is 3. The summed E-state index contributed by atoms with van der Waals surface area (Å²) < 4.78 is 45.9. The molecule has 1 unspecified atom stereocenters. The van der Waals surface area contributed by atoms with Gasteiger partial charge in [0.25, 0.3) is 0 Å². The molecular weight excluding hydrogens is 704 g/mol. The van der Waals surface area contributed by atoms with Crippen molar-refractivity contribution in [3.63, 3.8) is 0 Å². The SMILES string of the molecule is CC1(C)c2ccccc2-c2c1cc(N(c1cccc(C(F)(F)F)c1)c1ccc(C3C=CC=C(c4ccccc4)C3)c3sc4ccccc4c13)c1ccccc21. The summed E-state index contributed by atoms with van der Waals surface area (Å²) in [6.07, 6.45) is 3.00. The smallest absolute Gasteiger partial charge is 0.309 e. The van der Waals surface area contributed by atoms with E-state index in [1.807, 2.05) is 18.2 Å². The Labute approximate surface area is 322 Å². The van der Waals surface area contributed by atoms with E-state index in [1.54, 1.807) is 11.3 Å². The fourth-order valence-electron chi connectivity index (χ4n) is 9.01. The molecule has 1 nitrogen and oxygen atoms in total. The molecule has 0 spiro atoms. The van der Waals surface area contributed by atoms with Gasteiger partial charge in [0.1, 0.15) is 0 Å². The maximum atomic E-state index is 14.5. The highest BCUT2D eigenvalue weighted by Crippen LogP contribution is 2.56. The van der Waals surface area contributed by atoms with Crippen molar-refractivity contribution in [2.45, 2.75) is 37.8 Å². The van der Waals surface area contributed by atoms with Gasteiger partial charge in [0.05, 0.1) is 16.9 Å². The Bertz CT molecular complexity index is 2880. The second-order valence-corrected chi connectivity index (χ2v) is 16.2. The largest absolute Gasteiger partial charge is 0.416 e. The Morgan fingerprint density at radius 1 is 0.673 bits per heavy atom. The third-order valence-corrected chi connectivity index (χ3v) is 12.9. The number of nitrogens with zero attached hydrogens (tertiary/aromatic N) is 1. The Hall–Kier alpha value is -5.91. The van der Waals surface area contributed by atoms with Gasteiger partial charge in [0, 0.05) is 42.6 Å². The van der Waals surface area contributed by atoms with E-state index in [-0.39, 0.29) is 11.3 Å². The summed E-state index contributed by atoms with van der Waals surface area (Å²) in [5, 5.41) is 4.20. The Morgan fingerprint density at radius 2 is 1.40 bits per heavy atom. The minimum absolute atomic E-state index is 0.131. The summed E-state index contributed by atoms with van der Waals surface area (Å²) in [4.78, 5) is 2.09. The number of fused-ring (bicyclic) bond motifs is 8. The molecule has 268 valence electrons. The first-order valence-electron chi connectivity index (χ1n) is 18.7. The minimum Gasteiger partial charge on any atom is -0.309 e. The van der Waals surface area contributed by atoms with Gasteiger partial charge in [-0.05, 0) is 87.2 Å². The quantitative estimate of drug-likeness (QED) is 0.170. The van der Waals surface area contributed by atoms with Crippen molar-refractivity contribution in [3.05, 3.63) is 192 Å². The van der Waals surface area contributed by atoms with E-state index in [4.69, 9.17) is 0 Å². The van der Waals surface area contributed by atoms with Crippen LogP contribution in [0.4, 0.5) is 30.2 Å². The van der Waals surface area contributed by atoms with Gasteiger partial charge in [0.2, 0.25) is 0 Å². The van der Waals surface area contributed by atoms with Crippen molar-refractivity contribution in [2.75, 3.05) is 4.90 Å². The fourth-order valence-corrected chi connectivity index (χ4v) is 10.3. The third kappa shape index (κ3) is 5.36. The van der Waals surface area contributed by atoms with E-state index in [0.29, 0.717) is 5.69 Å². The molecule has 1 aromatic heterocycles. The van der Waals surface area contributed by atoms with Gasteiger partial charge < -0.3 is 4.90 Å². The molecule has 1 heterocycles. The highest BCUT2D eigenvalue weighted by atomic mass is 32.1. The summed E-state index contributed by atoms with van der Waals surface area (Å²) in [6, 6.07) is 48.3. The van der Waals surface area contributed by atoms with E-state index in [2.05, 4.69) is 146 Å². The zero-order valence-electron chi connectivity index (χ0n) is 30.4. The van der Waals surface area contributed by atoms with Crippen LogP contribution >= 0.6 is 11.3 Å². The predicted molar refractivity (Wildman–Crippen MR) is 225 cm³/mol. The van der Waals surface area contributed by atoms with E-state index >= 15 is 0 Å². The van der Waals surface area contributed by atoms with E-state index in [9.17, 15) is 13.2 Å². The zero-order chi connectivity index (χ0) is 37.5. The van der Waals surface area contributed by atoms with Crippen LogP contribution in [0.2, 0.25) is 0 Å². The summed E-state index contributed by atoms with van der Waals surface area (Å²) in [6.45, 7) is 4.50. The number of rotatable bonds is 5. The number of allylic oxidation sites excluding steroid dienone is 4. The second-order valence-electron chi connectivity index (χ2n) is 15.1. The molecule has 1 atom stereocenters. The molecule has 7 aromatic carbocycles. The van der Waals surface area contributed by atoms with E-state index in [1.165, 1.54) is 45.5 Å². The van der Waals surface area contributed by atoms with Crippen molar-refractivity contribution >= 4 is 64.9 Å².